The summed E-state index contributed by atoms with van der Waals surface area (Å²) in [6, 6.07) is 19.1. The number of benzene rings is 3. The van der Waals surface area contributed by atoms with Crippen LogP contribution in [0.3, 0.4) is 0 Å². The molecule has 0 radical (unpaired) electrons. The number of halogens is 1. The van der Waals surface area contributed by atoms with Crippen molar-refractivity contribution in [3.63, 3.8) is 0 Å². The molecule has 1 aliphatic rings. The van der Waals surface area contributed by atoms with Gasteiger partial charge in [-0.05, 0) is 48.9 Å². The van der Waals surface area contributed by atoms with Gasteiger partial charge in [0.05, 0.1) is 23.4 Å². The summed E-state index contributed by atoms with van der Waals surface area (Å²) in [6.45, 7) is 0.270. The van der Waals surface area contributed by atoms with Gasteiger partial charge in [-0.3, -0.25) is 14.4 Å². The van der Waals surface area contributed by atoms with E-state index in [1.54, 1.807) is 60.7 Å². The van der Waals surface area contributed by atoms with Gasteiger partial charge in [0, 0.05) is 18.2 Å². The summed E-state index contributed by atoms with van der Waals surface area (Å²) in [5, 5.41) is 2.76. The van der Waals surface area contributed by atoms with Gasteiger partial charge in [-0.2, -0.15) is 0 Å². The van der Waals surface area contributed by atoms with Crippen molar-refractivity contribution >= 4 is 29.1 Å². The second-order valence-electron chi connectivity index (χ2n) is 7.00. The number of carbonyl (C=O) groups is 3. The van der Waals surface area contributed by atoms with Crippen molar-refractivity contribution in [3.8, 4) is 5.75 Å². The van der Waals surface area contributed by atoms with Crippen molar-refractivity contribution < 1.29 is 23.5 Å². The highest BCUT2D eigenvalue weighted by Gasteiger charge is 2.36. The van der Waals surface area contributed by atoms with Crippen molar-refractivity contribution in [2.45, 2.75) is 12.8 Å². The van der Waals surface area contributed by atoms with Crippen molar-refractivity contribution in [1.29, 1.82) is 0 Å². The van der Waals surface area contributed by atoms with Gasteiger partial charge in [-0.15, -0.1) is 0 Å². The van der Waals surface area contributed by atoms with E-state index in [4.69, 9.17) is 4.74 Å². The van der Waals surface area contributed by atoms with Crippen molar-refractivity contribution in [2.75, 3.05) is 16.8 Å². The van der Waals surface area contributed by atoms with E-state index in [0.717, 1.165) is 4.90 Å². The fourth-order valence-electron chi connectivity index (χ4n) is 3.35. The summed E-state index contributed by atoms with van der Waals surface area (Å²) in [5.41, 5.74) is 1.59. The summed E-state index contributed by atoms with van der Waals surface area (Å²) < 4.78 is 18.6. The van der Waals surface area contributed by atoms with Gasteiger partial charge < -0.3 is 10.1 Å². The lowest BCUT2D eigenvalue weighted by atomic mass is 10.1. The molecule has 0 unspecified atom stereocenters. The number of anilines is 2. The van der Waals surface area contributed by atoms with E-state index in [1.807, 2.05) is 0 Å². The molecule has 3 amide bonds. The normalized spacial score (nSPS) is 12.6. The molecule has 1 heterocycles. The highest BCUT2D eigenvalue weighted by molar-refractivity contribution is 6.34. The van der Waals surface area contributed by atoms with Crippen LogP contribution in [-0.4, -0.2) is 24.3 Å². The molecule has 6 nitrogen and oxygen atoms in total. The lowest BCUT2D eigenvalue weighted by Gasteiger charge is -2.15. The minimum atomic E-state index is -0.390. The van der Waals surface area contributed by atoms with E-state index in [-0.39, 0.29) is 24.8 Å². The lowest BCUT2D eigenvalue weighted by Crippen LogP contribution is -2.29. The SMILES string of the molecule is O=C(CCCOc1cccc(F)c1)Nc1cccc(N2C(=O)c3ccccc3C2=O)c1. The molecule has 1 aliphatic heterocycles. The van der Waals surface area contributed by atoms with Gasteiger partial charge in [0.15, 0.2) is 0 Å². The second-order valence-corrected chi connectivity index (χ2v) is 7.00. The van der Waals surface area contributed by atoms with Crippen LogP contribution < -0.4 is 15.0 Å². The summed E-state index contributed by atoms with van der Waals surface area (Å²) in [5.74, 6) is -0.984. The number of fused-ring (bicyclic) bond motifs is 1. The molecule has 1 N–H and O–H groups in total. The molecule has 0 spiro atoms. The van der Waals surface area contributed by atoms with Gasteiger partial charge in [0.25, 0.3) is 11.8 Å². The van der Waals surface area contributed by atoms with Crippen LogP contribution in [0, 0.1) is 5.82 Å². The van der Waals surface area contributed by atoms with Crippen LogP contribution in [0.25, 0.3) is 0 Å². The third-order valence-electron chi connectivity index (χ3n) is 4.80. The van der Waals surface area contributed by atoms with Gasteiger partial charge >= 0.3 is 0 Å². The van der Waals surface area contributed by atoms with E-state index < -0.39 is 11.8 Å². The van der Waals surface area contributed by atoms with Crippen LogP contribution in [0.1, 0.15) is 33.6 Å². The maximum absolute atomic E-state index is 13.1. The molecule has 0 aliphatic carbocycles. The third kappa shape index (κ3) is 4.45. The standard InChI is InChI=1S/C24H19FN2O4/c25-16-6-3-9-19(14-16)31-13-5-12-22(28)26-17-7-4-8-18(15-17)27-23(29)20-10-1-2-11-21(20)24(27)30/h1-4,6-11,14-15H,5,12-13H2,(H,26,28). The van der Waals surface area contributed by atoms with Crippen molar-refractivity contribution in [1.82, 2.24) is 0 Å². The highest BCUT2D eigenvalue weighted by atomic mass is 19.1. The average Bonchev–Trinajstić information content (AvgIpc) is 3.02. The number of amides is 3. The minimum absolute atomic E-state index is 0.201. The van der Waals surface area contributed by atoms with Gasteiger partial charge in [-0.1, -0.05) is 24.3 Å². The molecule has 7 heteroatoms. The van der Waals surface area contributed by atoms with Crippen molar-refractivity contribution in [2.24, 2.45) is 0 Å². The lowest BCUT2D eigenvalue weighted by molar-refractivity contribution is -0.116. The predicted octanol–water partition coefficient (Wildman–Crippen LogP) is 4.42. The average molecular weight is 418 g/mol. The van der Waals surface area contributed by atoms with Crippen molar-refractivity contribution in [3.05, 3.63) is 89.7 Å². The largest absolute Gasteiger partial charge is 0.493 e. The fraction of sp³-hybridized carbons (Fsp3) is 0.125. The third-order valence-corrected chi connectivity index (χ3v) is 4.80. The van der Waals surface area contributed by atoms with Gasteiger partial charge in [0.1, 0.15) is 11.6 Å². The number of ether oxygens (including phenoxy) is 1. The van der Waals surface area contributed by atoms with Crippen LogP contribution in [0.15, 0.2) is 72.8 Å². The first-order valence-electron chi connectivity index (χ1n) is 9.79. The summed E-state index contributed by atoms with van der Waals surface area (Å²) in [6.07, 6.45) is 0.646. The number of imide groups is 1. The smallest absolute Gasteiger partial charge is 0.266 e. The molecule has 31 heavy (non-hydrogen) atoms. The van der Waals surface area contributed by atoms with E-state index >= 15 is 0 Å². The molecule has 156 valence electrons. The van der Waals surface area contributed by atoms with E-state index in [9.17, 15) is 18.8 Å². The van der Waals surface area contributed by atoms with Crippen LogP contribution in [-0.2, 0) is 4.79 Å². The van der Waals surface area contributed by atoms with Crippen LogP contribution in [0.2, 0.25) is 0 Å². The maximum atomic E-state index is 13.1. The Bertz CT molecular complexity index is 1130. The molecule has 0 fully saturated rings. The summed E-state index contributed by atoms with van der Waals surface area (Å²) in [4.78, 5) is 38.6. The molecule has 3 aromatic carbocycles. The maximum Gasteiger partial charge on any atom is 0.266 e. The number of rotatable bonds is 7. The Hall–Kier alpha value is -4.00. The zero-order valence-electron chi connectivity index (χ0n) is 16.5. The minimum Gasteiger partial charge on any atom is -0.493 e. The Balaban J connectivity index is 1.34. The second kappa shape index (κ2) is 8.79. The summed E-state index contributed by atoms with van der Waals surface area (Å²) in [7, 11) is 0. The first kappa shape index (κ1) is 20.3. The van der Waals surface area contributed by atoms with Crippen LogP contribution in [0.5, 0.6) is 5.75 Å². The van der Waals surface area contributed by atoms with Crippen LogP contribution in [0.4, 0.5) is 15.8 Å². The number of nitrogens with one attached hydrogen (secondary N) is 1. The molecule has 0 bridgehead atoms. The number of hydrogen-bond acceptors (Lipinski definition) is 4. The number of carbonyl (C=O) groups excluding carboxylic acids is 3. The first-order chi connectivity index (χ1) is 15.0. The molecule has 0 saturated carbocycles. The van der Waals surface area contributed by atoms with Crippen LogP contribution >= 0.6 is 0 Å². The van der Waals surface area contributed by atoms with Gasteiger partial charge in [-0.25, -0.2) is 9.29 Å². The number of nitrogens with zero attached hydrogens (tertiary/aromatic N) is 1. The fourth-order valence-corrected chi connectivity index (χ4v) is 3.35. The predicted molar refractivity (Wildman–Crippen MR) is 114 cm³/mol. The van der Waals surface area contributed by atoms with Gasteiger partial charge in [0.2, 0.25) is 5.91 Å². The Kier molecular flexibility index (Phi) is 5.75. The zero-order chi connectivity index (χ0) is 21.8. The Morgan fingerprint density at radius 3 is 2.32 bits per heavy atom. The Morgan fingerprint density at radius 1 is 0.903 bits per heavy atom. The summed E-state index contributed by atoms with van der Waals surface area (Å²) >= 11 is 0. The van der Waals surface area contributed by atoms with E-state index in [2.05, 4.69) is 5.32 Å². The molecular formula is C24H19FN2O4. The zero-order valence-corrected chi connectivity index (χ0v) is 16.5. The molecule has 3 aromatic rings. The monoisotopic (exact) mass is 418 g/mol. The molecular weight excluding hydrogens is 399 g/mol. The first-order valence-corrected chi connectivity index (χ1v) is 9.79. The molecule has 0 atom stereocenters. The Morgan fingerprint density at radius 2 is 1.61 bits per heavy atom. The molecule has 0 aromatic heterocycles. The quantitative estimate of drug-likeness (QED) is 0.455. The molecule has 4 rings (SSSR count). The van der Waals surface area contributed by atoms with E-state index in [0.29, 0.717) is 34.7 Å². The number of hydrogen-bond donors (Lipinski definition) is 1. The highest BCUT2D eigenvalue weighted by Crippen LogP contribution is 2.29. The molecule has 0 saturated heterocycles. The topological polar surface area (TPSA) is 75.7 Å². The Labute approximate surface area is 178 Å². The van der Waals surface area contributed by atoms with E-state index in [1.165, 1.54) is 12.1 Å².